The highest BCUT2D eigenvalue weighted by Gasteiger charge is 2.03. The Balaban J connectivity index is 0.00000121. The fourth-order valence-electron chi connectivity index (χ4n) is 0.986. The maximum Gasteiger partial charge on any atom is 0.0914 e. The van der Waals surface area contributed by atoms with Crippen LogP contribution in [0.25, 0.3) is 0 Å². The van der Waals surface area contributed by atoms with Crippen LogP contribution in [0.4, 0.5) is 0 Å². The van der Waals surface area contributed by atoms with Crippen LogP contribution in [-0.2, 0) is 0 Å². The number of aliphatic hydroxyl groups is 1. The molecule has 1 rings (SSSR count). The average Bonchev–Trinajstić information content (AvgIpc) is 2.07. The standard InChI is InChI=1S/C9H13NO.ClH/c1-10-7-9(11)8-5-3-2-4-6-8;/h2-6,9-11H,7H2,1H3;1H/t9-;/m0./s1. The predicted octanol–water partition coefficient (Wildman–Crippen LogP) is 1.36. The molecule has 0 amide bonds. The largest absolute Gasteiger partial charge is 0.387 e. The quantitative estimate of drug-likeness (QED) is 0.749. The summed E-state index contributed by atoms with van der Waals surface area (Å²) in [5.74, 6) is 0. The predicted molar refractivity (Wildman–Crippen MR) is 52.6 cm³/mol. The third-order valence-electron chi connectivity index (χ3n) is 1.58. The van der Waals surface area contributed by atoms with Gasteiger partial charge in [-0.25, -0.2) is 0 Å². The molecule has 0 heterocycles. The van der Waals surface area contributed by atoms with E-state index in [9.17, 15) is 5.11 Å². The van der Waals surface area contributed by atoms with Crippen molar-refractivity contribution in [3.8, 4) is 0 Å². The highest BCUT2D eigenvalue weighted by molar-refractivity contribution is 5.85. The fraction of sp³-hybridized carbons (Fsp3) is 0.333. The lowest BCUT2D eigenvalue weighted by atomic mass is 10.1. The summed E-state index contributed by atoms with van der Waals surface area (Å²) < 4.78 is 0. The van der Waals surface area contributed by atoms with Gasteiger partial charge in [-0.3, -0.25) is 0 Å². The molecular weight excluding hydrogens is 174 g/mol. The summed E-state index contributed by atoms with van der Waals surface area (Å²) in [4.78, 5) is 0. The summed E-state index contributed by atoms with van der Waals surface area (Å²) in [6.45, 7) is 0.601. The third-order valence-corrected chi connectivity index (χ3v) is 1.58. The number of nitrogens with one attached hydrogen (secondary N) is 1. The number of benzene rings is 1. The first-order valence-electron chi connectivity index (χ1n) is 3.72. The van der Waals surface area contributed by atoms with Crippen LogP contribution in [0.2, 0.25) is 0 Å². The van der Waals surface area contributed by atoms with Crippen LogP contribution in [0.15, 0.2) is 30.3 Å². The second-order valence-electron chi connectivity index (χ2n) is 2.48. The van der Waals surface area contributed by atoms with E-state index < -0.39 is 0 Å². The molecule has 0 spiro atoms. The van der Waals surface area contributed by atoms with E-state index in [2.05, 4.69) is 5.32 Å². The Morgan fingerprint density at radius 3 is 2.42 bits per heavy atom. The van der Waals surface area contributed by atoms with Crippen LogP contribution in [0.5, 0.6) is 0 Å². The zero-order valence-electron chi connectivity index (χ0n) is 7.03. The second kappa shape index (κ2) is 6.00. The van der Waals surface area contributed by atoms with E-state index in [1.54, 1.807) is 0 Å². The second-order valence-corrected chi connectivity index (χ2v) is 2.48. The maximum atomic E-state index is 9.46. The van der Waals surface area contributed by atoms with E-state index in [4.69, 9.17) is 0 Å². The molecule has 3 heteroatoms. The lowest BCUT2D eigenvalue weighted by molar-refractivity contribution is 0.178. The first-order valence-corrected chi connectivity index (χ1v) is 3.72. The Kier molecular flexibility index (Phi) is 5.72. The number of halogens is 1. The van der Waals surface area contributed by atoms with Gasteiger partial charge in [-0.15, -0.1) is 12.4 Å². The molecule has 0 unspecified atom stereocenters. The number of rotatable bonds is 3. The lowest BCUT2D eigenvalue weighted by Gasteiger charge is -2.08. The summed E-state index contributed by atoms with van der Waals surface area (Å²) in [5.41, 5.74) is 0.960. The highest BCUT2D eigenvalue weighted by Crippen LogP contribution is 2.09. The molecule has 1 atom stereocenters. The summed E-state index contributed by atoms with van der Waals surface area (Å²) in [7, 11) is 1.83. The molecule has 0 bridgehead atoms. The molecule has 0 aliphatic carbocycles. The topological polar surface area (TPSA) is 32.3 Å². The first-order chi connectivity index (χ1) is 5.34. The highest BCUT2D eigenvalue weighted by atomic mass is 35.5. The van der Waals surface area contributed by atoms with Crippen molar-refractivity contribution in [3.63, 3.8) is 0 Å². The number of hydrogen-bond acceptors (Lipinski definition) is 2. The zero-order valence-corrected chi connectivity index (χ0v) is 7.84. The van der Waals surface area contributed by atoms with Crippen LogP contribution >= 0.6 is 12.4 Å². The van der Waals surface area contributed by atoms with Crippen molar-refractivity contribution in [1.29, 1.82) is 0 Å². The SMILES string of the molecule is CNC[C@H](O)c1ccccc1.Cl. The Bertz CT molecular complexity index is 203. The van der Waals surface area contributed by atoms with E-state index in [1.165, 1.54) is 0 Å². The molecule has 0 aliphatic rings. The van der Waals surface area contributed by atoms with Gasteiger partial charge in [-0.2, -0.15) is 0 Å². The average molecular weight is 188 g/mol. The lowest BCUT2D eigenvalue weighted by Crippen LogP contribution is -2.16. The van der Waals surface area contributed by atoms with Crippen molar-refractivity contribution >= 4 is 12.4 Å². The molecule has 2 nitrogen and oxygen atoms in total. The van der Waals surface area contributed by atoms with Crippen LogP contribution in [0.1, 0.15) is 11.7 Å². The molecule has 0 saturated carbocycles. The van der Waals surface area contributed by atoms with Gasteiger partial charge in [0.05, 0.1) is 6.10 Å². The minimum atomic E-state index is -0.388. The molecule has 0 aliphatic heterocycles. The Morgan fingerprint density at radius 2 is 1.92 bits per heavy atom. The fourth-order valence-corrected chi connectivity index (χ4v) is 0.986. The third kappa shape index (κ3) is 3.22. The normalized spacial score (nSPS) is 11.8. The maximum absolute atomic E-state index is 9.46. The molecule has 0 fully saturated rings. The van der Waals surface area contributed by atoms with Gasteiger partial charge in [-0.05, 0) is 12.6 Å². The monoisotopic (exact) mass is 187 g/mol. The molecule has 2 N–H and O–H groups in total. The van der Waals surface area contributed by atoms with E-state index in [0.29, 0.717) is 6.54 Å². The van der Waals surface area contributed by atoms with Gasteiger partial charge < -0.3 is 10.4 Å². The van der Waals surface area contributed by atoms with Crippen LogP contribution < -0.4 is 5.32 Å². The van der Waals surface area contributed by atoms with Gasteiger partial charge in [0, 0.05) is 6.54 Å². The molecule has 1 aromatic rings. The van der Waals surface area contributed by atoms with Gasteiger partial charge >= 0.3 is 0 Å². The molecule has 1 aromatic carbocycles. The van der Waals surface area contributed by atoms with Gasteiger partial charge in [0.25, 0.3) is 0 Å². The van der Waals surface area contributed by atoms with Crippen molar-refractivity contribution < 1.29 is 5.11 Å². The summed E-state index contributed by atoms with van der Waals surface area (Å²) in [6, 6.07) is 9.63. The van der Waals surface area contributed by atoms with E-state index in [-0.39, 0.29) is 18.5 Å². The van der Waals surface area contributed by atoms with Gasteiger partial charge in [0.1, 0.15) is 0 Å². The molecular formula is C9H14ClNO. The van der Waals surface area contributed by atoms with Crippen LogP contribution in [0, 0.1) is 0 Å². The molecule has 12 heavy (non-hydrogen) atoms. The Morgan fingerprint density at radius 1 is 1.33 bits per heavy atom. The van der Waals surface area contributed by atoms with Crippen LogP contribution in [0.3, 0.4) is 0 Å². The minimum Gasteiger partial charge on any atom is -0.387 e. The Hall–Kier alpha value is -0.570. The Labute approximate surface area is 79.0 Å². The van der Waals surface area contributed by atoms with E-state index >= 15 is 0 Å². The van der Waals surface area contributed by atoms with Crippen molar-refractivity contribution in [1.82, 2.24) is 5.32 Å². The van der Waals surface area contributed by atoms with Crippen molar-refractivity contribution in [2.75, 3.05) is 13.6 Å². The number of hydrogen-bond donors (Lipinski definition) is 2. The van der Waals surface area contributed by atoms with Crippen molar-refractivity contribution in [2.45, 2.75) is 6.10 Å². The first kappa shape index (κ1) is 11.4. The minimum absolute atomic E-state index is 0. The summed E-state index contributed by atoms with van der Waals surface area (Å²) in [6.07, 6.45) is -0.388. The number of aliphatic hydroxyl groups excluding tert-OH is 1. The summed E-state index contributed by atoms with van der Waals surface area (Å²) >= 11 is 0. The molecule has 0 radical (unpaired) electrons. The zero-order chi connectivity index (χ0) is 8.10. The number of likely N-dealkylation sites (N-methyl/N-ethyl adjacent to an activating group) is 1. The molecule has 0 saturated heterocycles. The van der Waals surface area contributed by atoms with Gasteiger partial charge in [-0.1, -0.05) is 30.3 Å². The molecule has 0 aromatic heterocycles. The smallest absolute Gasteiger partial charge is 0.0914 e. The van der Waals surface area contributed by atoms with Crippen molar-refractivity contribution in [3.05, 3.63) is 35.9 Å². The van der Waals surface area contributed by atoms with E-state index in [0.717, 1.165) is 5.56 Å². The van der Waals surface area contributed by atoms with Crippen molar-refractivity contribution in [2.24, 2.45) is 0 Å². The molecule has 68 valence electrons. The van der Waals surface area contributed by atoms with Gasteiger partial charge in [0.2, 0.25) is 0 Å². The van der Waals surface area contributed by atoms with Gasteiger partial charge in [0.15, 0.2) is 0 Å². The van der Waals surface area contributed by atoms with E-state index in [1.807, 2.05) is 37.4 Å². The van der Waals surface area contributed by atoms with Crippen LogP contribution in [-0.4, -0.2) is 18.7 Å². The summed E-state index contributed by atoms with van der Waals surface area (Å²) in [5, 5.41) is 12.4.